The average molecular weight is 590 g/mol. The second-order valence-electron chi connectivity index (χ2n) is 11.7. The van der Waals surface area contributed by atoms with Crippen LogP contribution in [0, 0.1) is 13.8 Å². The number of esters is 1. The van der Waals surface area contributed by atoms with Gasteiger partial charge in [-0.15, -0.1) is 0 Å². The lowest BCUT2D eigenvalue weighted by molar-refractivity contribution is -0.152. The van der Waals surface area contributed by atoms with Crippen LogP contribution in [0.3, 0.4) is 0 Å². The molecule has 11 heteroatoms. The monoisotopic (exact) mass is 589 g/mol. The molecule has 1 aliphatic heterocycles. The highest BCUT2D eigenvalue weighted by molar-refractivity contribution is 5.95. The first kappa shape index (κ1) is 31.4. The number of hydrogen-bond donors (Lipinski definition) is 0. The first-order valence-corrected chi connectivity index (χ1v) is 13.7. The Bertz CT molecular complexity index is 1480. The van der Waals surface area contributed by atoms with Gasteiger partial charge in [-0.05, 0) is 69.5 Å². The van der Waals surface area contributed by atoms with E-state index in [4.69, 9.17) is 14.2 Å². The number of alkyl halides is 3. The topological polar surface area (TPSA) is 73.2 Å². The first-order chi connectivity index (χ1) is 19.6. The van der Waals surface area contributed by atoms with E-state index in [0.717, 1.165) is 22.1 Å². The van der Waals surface area contributed by atoms with Gasteiger partial charge in [0.25, 0.3) is 0 Å². The van der Waals surface area contributed by atoms with Crippen molar-refractivity contribution in [2.24, 2.45) is 0 Å². The molecule has 0 N–H and O–H groups in total. The molecule has 8 nitrogen and oxygen atoms in total. The first-order valence-electron chi connectivity index (χ1n) is 13.7. The highest BCUT2D eigenvalue weighted by Gasteiger charge is 2.36. The smallest absolute Gasteiger partial charge is 0.419 e. The Morgan fingerprint density at radius 2 is 1.71 bits per heavy atom. The number of aryl methyl sites for hydroxylation is 2. The molecule has 0 spiro atoms. The Labute approximate surface area is 243 Å². The molecule has 3 aromatic rings. The van der Waals surface area contributed by atoms with E-state index < -0.39 is 36.4 Å². The summed E-state index contributed by atoms with van der Waals surface area (Å²) in [6.45, 7) is 9.17. The molecule has 0 radical (unpaired) electrons. The van der Waals surface area contributed by atoms with E-state index in [2.05, 4.69) is 4.90 Å². The molecule has 2 heterocycles. The highest BCUT2D eigenvalue weighted by Crippen LogP contribution is 2.37. The Hall–Kier alpha value is -3.57. The maximum absolute atomic E-state index is 13.4. The summed E-state index contributed by atoms with van der Waals surface area (Å²) < 4.78 is 57.9. The number of benzene rings is 2. The minimum Gasteiger partial charge on any atom is -0.496 e. The van der Waals surface area contributed by atoms with Crippen LogP contribution in [-0.2, 0) is 16.0 Å². The van der Waals surface area contributed by atoms with Crippen molar-refractivity contribution in [3.8, 4) is 5.75 Å². The third-order valence-electron chi connectivity index (χ3n) is 7.42. The average Bonchev–Trinajstić information content (AvgIpc) is 3.35. The fraction of sp³-hybridized carbons (Fsp3) is 0.484. The lowest BCUT2D eigenvalue weighted by Gasteiger charge is -2.42. The van der Waals surface area contributed by atoms with Crippen LogP contribution in [0.2, 0.25) is 0 Å². The second kappa shape index (κ2) is 12.0. The third kappa shape index (κ3) is 6.90. The molecule has 1 aliphatic rings. The SMILES string of the molecule is COC(=O)c1ccc(C2CN(CC(F)(F)F)CCN2Cc2c(OC)cc(C)c3c2ccn3C(=O)OC(C)(C)C)cc1C. The Balaban J connectivity index is 1.76. The van der Waals surface area contributed by atoms with Gasteiger partial charge < -0.3 is 14.2 Å². The van der Waals surface area contributed by atoms with Crippen LogP contribution in [0.1, 0.15) is 59.4 Å². The largest absolute Gasteiger partial charge is 0.496 e. The molecular weight excluding hydrogens is 551 g/mol. The number of fused-ring (bicyclic) bond motifs is 1. The zero-order chi connectivity index (χ0) is 31.0. The van der Waals surface area contributed by atoms with Gasteiger partial charge in [-0.3, -0.25) is 14.4 Å². The predicted molar refractivity (Wildman–Crippen MR) is 153 cm³/mol. The van der Waals surface area contributed by atoms with Gasteiger partial charge in [-0.2, -0.15) is 13.2 Å². The van der Waals surface area contributed by atoms with Gasteiger partial charge in [-0.25, -0.2) is 9.59 Å². The number of aromatic nitrogens is 1. The summed E-state index contributed by atoms with van der Waals surface area (Å²) in [4.78, 5) is 28.7. The number of ether oxygens (including phenoxy) is 3. The van der Waals surface area contributed by atoms with Crippen LogP contribution in [-0.4, -0.2) is 78.6 Å². The number of nitrogens with zero attached hydrogens (tertiary/aromatic N) is 3. The number of hydrogen-bond acceptors (Lipinski definition) is 7. The minimum absolute atomic E-state index is 0.146. The van der Waals surface area contributed by atoms with Crippen LogP contribution >= 0.6 is 0 Å². The summed E-state index contributed by atoms with van der Waals surface area (Å²) >= 11 is 0. The van der Waals surface area contributed by atoms with E-state index in [0.29, 0.717) is 35.5 Å². The quantitative estimate of drug-likeness (QED) is 0.315. The molecular formula is C31H38F3N3O5. The molecule has 1 unspecified atom stereocenters. The lowest BCUT2D eigenvalue weighted by atomic mass is 9.96. The van der Waals surface area contributed by atoms with E-state index in [9.17, 15) is 22.8 Å². The van der Waals surface area contributed by atoms with Crippen LogP contribution in [0.25, 0.3) is 10.9 Å². The number of carbonyl (C=O) groups is 2. The number of halogens is 3. The maximum atomic E-state index is 13.4. The highest BCUT2D eigenvalue weighted by atomic mass is 19.4. The number of piperazine rings is 1. The molecule has 0 amide bonds. The minimum atomic E-state index is -4.33. The zero-order valence-corrected chi connectivity index (χ0v) is 25.1. The van der Waals surface area contributed by atoms with Gasteiger partial charge in [0.05, 0.1) is 31.8 Å². The van der Waals surface area contributed by atoms with Crippen molar-refractivity contribution in [2.75, 3.05) is 40.4 Å². The summed E-state index contributed by atoms with van der Waals surface area (Å²) in [5, 5.41) is 0.798. The molecule has 0 aliphatic carbocycles. The van der Waals surface area contributed by atoms with Crippen LogP contribution in [0.5, 0.6) is 5.75 Å². The van der Waals surface area contributed by atoms with Gasteiger partial charge in [0.1, 0.15) is 11.4 Å². The van der Waals surface area contributed by atoms with Crippen molar-refractivity contribution < 1.29 is 37.0 Å². The van der Waals surface area contributed by atoms with E-state index in [1.807, 2.05) is 25.1 Å². The predicted octanol–water partition coefficient (Wildman–Crippen LogP) is 6.26. The van der Waals surface area contributed by atoms with E-state index >= 15 is 0 Å². The second-order valence-corrected chi connectivity index (χ2v) is 11.7. The van der Waals surface area contributed by atoms with Gasteiger partial charge in [0, 0.05) is 49.4 Å². The normalized spacial score (nSPS) is 17.0. The van der Waals surface area contributed by atoms with Gasteiger partial charge in [0.2, 0.25) is 0 Å². The van der Waals surface area contributed by atoms with Crippen molar-refractivity contribution in [2.45, 2.75) is 59.0 Å². The van der Waals surface area contributed by atoms with Crippen LogP contribution in [0.4, 0.5) is 18.0 Å². The Kier molecular flexibility index (Phi) is 8.94. The summed E-state index contributed by atoms with van der Waals surface area (Å²) in [6, 6.07) is 8.57. The molecule has 4 rings (SSSR count). The van der Waals surface area contributed by atoms with Crippen molar-refractivity contribution in [1.29, 1.82) is 0 Å². The standard InChI is InChI=1S/C31H38F3N3O5/c1-19-14-21(8-9-22(19)28(38)41-7)25-17-35(18-31(32,33)34)12-13-36(25)16-24-23-10-11-37(29(39)42-30(3,4)5)27(23)20(2)15-26(24)40-6/h8-11,14-15,25H,12-13,16-18H2,1-7H3. The van der Waals surface area contributed by atoms with E-state index in [-0.39, 0.29) is 13.1 Å². The van der Waals surface area contributed by atoms with Crippen molar-refractivity contribution >= 4 is 23.0 Å². The fourth-order valence-electron chi connectivity index (χ4n) is 5.59. The molecule has 1 aromatic heterocycles. The molecule has 1 atom stereocenters. The molecule has 2 aromatic carbocycles. The van der Waals surface area contributed by atoms with E-state index in [1.165, 1.54) is 16.6 Å². The summed E-state index contributed by atoms with van der Waals surface area (Å²) in [6.07, 6.45) is -3.16. The lowest BCUT2D eigenvalue weighted by Crippen LogP contribution is -2.50. The molecule has 1 saturated heterocycles. The van der Waals surface area contributed by atoms with Crippen LogP contribution < -0.4 is 4.74 Å². The Morgan fingerprint density at radius 3 is 2.31 bits per heavy atom. The van der Waals surface area contributed by atoms with Crippen molar-refractivity contribution in [3.05, 3.63) is 64.3 Å². The molecule has 0 saturated carbocycles. The van der Waals surface area contributed by atoms with Crippen molar-refractivity contribution in [3.63, 3.8) is 0 Å². The molecule has 42 heavy (non-hydrogen) atoms. The van der Waals surface area contributed by atoms with Gasteiger partial charge in [0.15, 0.2) is 0 Å². The number of rotatable bonds is 6. The zero-order valence-electron chi connectivity index (χ0n) is 25.1. The summed E-state index contributed by atoms with van der Waals surface area (Å²) in [5.74, 6) is 0.148. The fourth-order valence-corrected chi connectivity index (χ4v) is 5.59. The van der Waals surface area contributed by atoms with Crippen molar-refractivity contribution in [1.82, 2.24) is 14.4 Å². The summed E-state index contributed by atoms with van der Waals surface area (Å²) in [5.41, 5.74) is 3.52. The molecule has 0 bridgehead atoms. The van der Waals surface area contributed by atoms with E-state index in [1.54, 1.807) is 53.1 Å². The molecule has 228 valence electrons. The molecule has 1 fully saturated rings. The Morgan fingerprint density at radius 1 is 1.00 bits per heavy atom. The van der Waals surface area contributed by atoms with Crippen LogP contribution in [0.15, 0.2) is 36.5 Å². The summed E-state index contributed by atoms with van der Waals surface area (Å²) in [7, 11) is 2.88. The number of carbonyl (C=O) groups excluding carboxylic acids is 2. The van der Waals surface area contributed by atoms with Gasteiger partial charge in [-0.1, -0.05) is 12.1 Å². The number of methoxy groups -OCH3 is 2. The van der Waals surface area contributed by atoms with Gasteiger partial charge >= 0.3 is 18.2 Å². The maximum Gasteiger partial charge on any atom is 0.419 e. The third-order valence-corrected chi connectivity index (χ3v) is 7.42.